The first-order chi connectivity index (χ1) is 17.9. The van der Waals surface area contributed by atoms with Gasteiger partial charge in [-0.05, 0) is 54.3 Å². The number of hydrogen-bond donors (Lipinski definition) is 5. The first-order valence-corrected chi connectivity index (χ1v) is 14.2. The smallest absolute Gasteiger partial charge is 0.229 e. The van der Waals surface area contributed by atoms with Crippen molar-refractivity contribution in [1.82, 2.24) is 10.6 Å². The minimum absolute atomic E-state index is 0.000154. The van der Waals surface area contributed by atoms with Crippen LogP contribution in [0.4, 0.5) is 10.1 Å². The lowest BCUT2D eigenvalue weighted by molar-refractivity contribution is -0.120. The number of aromatic hydroxyl groups is 1. The fraction of sp³-hybridized carbons (Fsp3) is 0.296. The molecule has 0 radical (unpaired) electrons. The van der Waals surface area contributed by atoms with Gasteiger partial charge in [0.05, 0.1) is 24.5 Å². The lowest BCUT2D eigenvalue weighted by Gasteiger charge is -2.19. The van der Waals surface area contributed by atoms with Crippen LogP contribution in [0.1, 0.15) is 35.3 Å². The van der Waals surface area contributed by atoms with E-state index in [1.807, 2.05) is 31.2 Å². The van der Waals surface area contributed by atoms with Gasteiger partial charge in [-0.3, -0.25) is 9.52 Å². The van der Waals surface area contributed by atoms with Crippen LogP contribution in [0.2, 0.25) is 5.02 Å². The highest BCUT2D eigenvalue weighted by Gasteiger charge is 2.15. The summed E-state index contributed by atoms with van der Waals surface area (Å²) in [6.45, 7) is 2.16. The second kappa shape index (κ2) is 13.1. The summed E-state index contributed by atoms with van der Waals surface area (Å²) in [5.74, 6) is -0.963. The summed E-state index contributed by atoms with van der Waals surface area (Å²) in [5, 5.41) is 26.6. The number of phenolic OH excluding ortho intramolecular Hbond substituents is 1. The Morgan fingerprint density at radius 1 is 1.08 bits per heavy atom. The zero-order chi connectivity index (χ0) is 27.9. The molecule has 38 heavy (non-hydrogen) atoms. The largest absolute Gasteiger partial charge is 0.506 e. The average Bonchev–Trinajstić information content (AvgIpc) is 2.83. The molecule has 0 spiro atoms. The average molecular weight is 564 g/mol. The molecular weight excluding hydrogens is 533 g/mol. The topological polar surface area (TPSA) is 128 Å². The number of phenols is 1. The van der Waals surface area contributed by atoms with E-state index in [0.717, 1.165) is 17.4 Å². The van der Waals surface area contributed by atoms with Gasteiger partial charge in [-0.25, -0.2) is 12.8 Å². The normalized spacial score (nSPS) is 13.1. The van der Waals surface area contributed by atoms with Crippen LogP contribution >= 0.6 is 11.6 Å². The van der Waals surface area contributed by atoms with Crippen LogP contribution in [-0.2, 0) is 34.2 Å². The molecule has 0 aliphatic rings. The van der Waals surface area contributed by atoms with Crippen molar-refractivity contribution in [2.45, 2.75) is 38.5 Å². The molecule has 0 saturated heterocycles. The number of aliphatic hydroxyl groups is 1. The standard InChI is InChI=1S/C27H31ClFN3O5S/c1-17(30-16-26(34)20-9-10-25(33)24(14-20)32-38(2,36)37)11-18-5-3-6-19(12-18)13-27(35)31-15-21-22(28)7-4-8-23(21)29/h3-10,12,14,17,26,30,32-34H,11,13,15-16H2,1-2H3,(H,31,35)/t17-,26-/m1/s1. The summed E-state index contributed by atoms with van der Waals surface area (Å²) >= 11 is 6.01. The summed E-state index contributed by atoms with van der Waals surface area (Å²) in [7, 11) is -3.59. The number of amides is 1. The Balaban J connectivity index is 1.51. The maximum Gasteiger partial charge on any atom is 0.229 e. The summed E-state index contributed by atoms with van der Waals surface area (Å²) in [6, 6.07) is 16.2. The summed E-state index contributed by atoms with van der Waals surface area (Å²) in [4.78, 5) is 12.4. The number of halogens is 2. The Morgan fingerprint density at radius 2 is 1.79 bits per heavy atom. The van der Waals surface area contributed by atoms with Crippen LogP contribution in [-0.4, -0.2) is 43.4 Å². The van der Waals surface area contributed by atoms with E-state index in [0.29, 0.717) is 12.0 Å². The summed E-state index contributed by atoms with van der Waals surface area (Å²) in [5.41, 5.74) is 2.48. The molecule has 0 bridgehead atoms. The first kappa shape index (κ1) is 29.4. The van der Waals surface area contributed by atoms with Crippen molar-refractivity contribution >= 4 is 33.2 Å². The predicted octanol–water partition coefficient (Wildman–Crippen LogP) is 3.67. The van der Waals surface area contributed by atoms with E-state index in [4.69, 9.17) is 11.6 Å². The quantitative estimate of drug-likeness (QED) is 0.214. The van der Waals surface area contributed by atoms with Crippen LogP contribution in [0.5, 0.6) is 5.75 Å². The van der Waals surface area contributed by atoms with Gasteiger partial charge in [-0.15, -0.1) is 0 Å². The van der Waals surface area contributed by atoms with Gasteiger partial charge in [-0.2, -0.15) is 0 Å². The minimum atomic E-state index is -3.59. The second-order valence-corrected chi connectivity index (χ2v) is 11.3. The minimum Gasteiger partial charge on any atom is -0.506 e. The van der Waals surface area contributed by atoms with Crippen LogP contribution in [0.3, 0.4) is 0 Å². The molecule has 2 atom stereocenters. The number of benzene rings is 3. The molecule has 0 aliphatic carbocycles. The molecule has 11 heteroatoms. The van der Waals surface area contributed by atoms with Crippen molar-refractivity contribution in [3.8, 4) is 5.75 Å². The third-order valence-corrected chi connectivity index (χ3v) is 6.73. The Morgan fingerprint density at radius 3 is 2.50 bits per heavy atom. The molecule has 204 valence electrons. The van der Waals surface area contributed by atoms with E-state index < -0.39 is 21.9 Å². The highest BCUT2D eigenvalue weighted by atomic mass is 35.5. The predicted molar refractivity (Wildman–Crippen MR) is 146 cm³/mol. The third-order valence-electron chi connectivity index (χ3n) is 5.78. The van der Waals surface area contributed by atoms with Gasteiger partial charge in [-0.1, -0.05) is 48.0 Å². The molecule has 3 aromatic rings. The Kier molecular flexibility index (Phi) is 10.1. The molecule has 0 aromatic heterocycles. The SMILES string of the molecule is C[C@H](Cc1cccc(CC(=O)NCc2c(F)cccc2Cl)c1)NC[C@@H](O)c1ccc(O)c(NS(C)(=O)=O)c1. The fourth-order valence-corrected chi connectivity index (χ4v) is 4.69. The van der Waals surface area contributed by atoms with Gasteiger partial charge in [0.2, 0.25) is 15.9 Å². The molecule has 0 heterocycles. The van der Waals surface area contributed by atoms with Crippen molar-refractivity contribution in [2.75, 3.05) is 17.5 Å². The first-order valence-electron chi connectivity index (χ1n) is 11.9. The van der Waals surface area contributed by atoms with Crippen LogP contribution < -0.4 is 15.4 Å². The maximum atomic E-state index is 13.9. The van der Waals surface area contributed by atoms with E-state index in [9.17, 15) is 27.8 Å². The number of rotatable bonds is 12. The highest BCUT2D eigenvalue weighted by molar-refractivity contribution is 7.92. The third kappa shape index (κ3) is 8.98. The Bertz CT molecular complexity index is 1370. The van der Waals surface area contributed by atoms with Gasteiger partial charge >= 0.3 is 0 Å². The molecule has 3 aromatic carbocycles. The fourth-order valence-electron chi connectivity index (χ4n) is 3.90. The van der Waals surface area contributed by atoms with Gasteiger partial charge in [0, 0.05) is 29.7 Å². The van der Waals surface area contributed by atoms with Gasteiger partial charge in [0.1, 0.15) is 11.6 Å². The molecule has 0 unspecified atom stereocenters. The molecule has 0 aliphatic heterocycles. The molecule has 0 fully saturated rings. The molecule has 8 nitrogen and oxygen atoms in total. The van der Waals surface area contributed by atoms with E-state index in [1.165, 1.54) is 30.3 Å². The lowest BCUT2D eigenvalue weighted by atomic mass is 10.0. The molecular formula is C27H31ClFN3O5S. The number of nitrogens with one attached hydrogen (secondary N) is 3. The monoisotopic (exact) mass is 563 g/mol. The Labute approximate surface area is 226 Å². The van der Waals surface area contributed by atoms with Crippen molar-refractivity contribution in [1.29, 1.82) is 0 Å². The zero-order valence-corrected chi connectivity index (χ0v) is 22.6. The van der Waals surface area contributed by atoms with Gasteiger partial charge in [0.25, 0.3) is 0 Å². The van der Waals surface area contributed by atoms with Crippen molar-refractivity contribution in [3.63, 3.8) is 0 Å². The zero-order valence-electron chi connectivity index (χ0n) is 21.0. The van der Waals surface area contributed by atoms with Gasteiger partial charge in [0.15, 0.2) is 0 Å². The Hall–Kier alpha value is -3.18. The van der Waals surface area contributed by atoms with E-state index in [1.54, 1.807) is 6.07 Å². The van der Waals surface area contributed by atoms with Gasteiger partial charge < -0.3 is 20.8 Å². The van der Waals surface area contributed by atoms with Crippen molar-refractivity contribution in [2.24, 2.45) is 0 Å². The number of aliphatic hydroxyl groups excluding tert-OH is 1. The van der Waals surface area contributed by atoms with E-state index in [-0.39, 0.29) is 53.5 Å². The number of carbonyl (C=O) groups excluding carboxylic acids is 1. The van der Waals surface area contributed by atoms with Crippen LogP contribution in [0.15, 0.2) is 60.7 Å². The second-order valence-electron chi connectivity index (χ2n) is 9.15. The van der Waals surface area contributed by atoms with E-state index in [2.05, 4.69) is 15.4 Å². The molecule has 5 N–H and O–H groups in total. The number of anilines is 1. The summed E-state index contributed by atoms with van der Waals surface area (Å²) in [6.07, 6.45) is 0.799. The van der Waals surface area contributed by atoms with Crippen molar-refractivity contribution < 1.29 is 27.8 Å². The van der Waals surface area contributed by atoms with Crippen LogP contribution in [0.25, 0.3) is 0 Å². The van der Waals surface area contributed by atoms with Crippen molar-refractivity contribution in [3.05, 3.63) is 93.8 Å². The lowest BCUT2D eigenvalue weighted by Crippen LogP contribution is -2.32. The van der Waals surface area contributed by atoms with Crippen LogP contribution in [0, 0.1) is 5.82 Å². The highest BCUT2D eigenvalue weighted by Crippen LogP contribution is 2.28. The maximum absolute atomic E-state index is 13.9. The van der Waals surface area contributed by atoms with E-state index >= 15 is 0 Å². The number of carbonyl (C=O) groups is 1. The molecule has 3 rings (SSSR count). The molecule has 1 amide bonds. The number of sulfonamides is 1. The molecule has 0 saturated carbocycles. The number of hydrogen-bond acceptors (Lipinski definition) is 6. The summed E-state index contributed by atoms with van der Waals surface area (Å²) < 4.78 is 39.1.